The fourth-order valence-corrected chi connectivity index (χ4v) is 5.36. The molecule has 3 unspecified atom stereocenters. The van der Waals surface area contributed by atoms with E-state index in [2.05, 4.69) is 17.2 Å². The second-order valence-corrected chi connectivity index (χ2v) is 9.02. The number of carbonyl (C=O) groups excluding carboxylic acids is 1. The van der Waals surface area contributed by atoms with Crippen molar-refractivity contribution in [3.8, 4) is 5.75 Å². The Balaban J connectivity index is 1.21. The number of hydrogen-bond donors (Lipinski definition) is 1. The van der Waals surface area contributed by atoms with Crippen LogP contribution in [0.5, 0.6) is 5.75 Å². The van der Waals surface area contributed by atoms with Crippen LogP contribution in [0.3, 0.4) is 0 Å². The number of ether oxygens (including phenoxy) is 1. The van der Waals surface area contributed by atoms with E-state index in [1.54, 1.807) is 36.5 Å². The number of fused-ring (bicyclic) bond motifs is 2. The molecule has 2 saturated carbocycles. The average molecular weight is 439 g/mol. The van der Waals surface area contributed by atoms with E-state index in [1.165, 1.54) is 12.1 Å². The highest BCUT2D eigenvalue weighted by Crippen LogP contribution is 2.60. The van der Waals surface area contributed by atoms with Crippen molar-refractivity contribution < 1.29 is 13.9 Å². The molecule has 0 aliphatic heterocycles. The zero-order chi connectivity index (χ0) is 21.5. The molecule has 3 aromatic rings. The number of carbonyl (C=O) groups is 1. The lowest BCUT2D eigenvalue weighted by atomic mass is 10.00. The monoisotopic (exact) mass is 438 g/mol. The first-order valence-electron chi connectivity index (χ1n) is 10.8. The summed E-state index contributed by atoms with van der Waals surface area (Å²) in [5.41, 5.74) is 1.36. The van der Waals surface area contributed by atoms with Gasteiger partial charge in [-0.25, -0.2) is 4.39 Å². The summed E-state index contributed by atoms with van der Waals surface area (Å²) in [5, 5.41) is 4.55. The molecule has 1 N–H and O–H groups in total. The molecular weight excluding hydrogens is 415 g/mol. The minimum absolute atomic E-state index is 0.0495. The van der Waals surface area contributed by atoms with Gasteiger partial charge in [0.1, 0.15) is 11.6 Å². The summed E-state index contributed by atoms with van der Waals surface area (Å²) in [5.74, 6) is 1.97. The van der Waals surface area contributed by atoms with E-state index >= 15 is 0 Å². The molecule has 31 heavy (non-hydrogen) atoms. The molecule has 1 aromatic heterocycles. The van der Waals surface area contributed by atoms with Crippen molar-refractivity contribution in [3.05, 3.63) is 71.1 Å². The molecule has 4 nitrogen and oxygen atoms in total. The van der Waals surface area contributed by atoms with E-state index in [1.807, 2.05) is 6.07 Å². The summed E-state index contributed by atoms with van der Waals surface area (Å²) >= 11 is 5.92. The van der Waals surface area contributed by atoms with Gasteiger partial charge in [-0.3, -0.25) is 9.78 Å². The van der Waals surface area contributed by atoms with Gasteiger partial charge in [-0.2, -0.15) is 0 Å². The highest BCUT2D eigenvalue weighted by Gasteiger charge is 2.59. The predicted octanol–water partition coefficient (Wildman–Crippen LogP) is 5.64. The van der Waals surface area contributed by atoms with Crippen molar-refractivity contribution >= 4 is 28.4 Å². The molecule has 5 rings (SSSR count). The number of amides is 1. The quantitative estimate of drug-likeness (QED) is 0.541. The largest absolute Gasteiger partial charge is 0.490 e. The van der Waals surface area contributed by atoms with Gasteiger partial charge < -0.3 is 10.1 Å². The van der Waals surface area contributed by atoms with Crippen LogP contribution in [-0.4, -0.2) is 23.0 Å². The summed E-state index contributed by atoms with van der Waals surface area (Å²) in [4.78, 5) is 16.9. The van der Waals surface area contributed by atoms with Crippen LogP contribution in [0.25, 0.3) is 10.9 Å². The first kappa shape index (κ1) is 20.3. The maximum Gasteiger partial charge on any atom is 0.251 e. The van der Waals surface area contributed by atoms with E-state index in [4.69, 9.17) is 16.3 Å². The minimum Gasteiger partial charge on any atom is -0.490 e. The number of hydrogen-bond acceptors (Lipinski definition) is 3. The topological polar surface area (TPSA) is 51.2 Å². The Morgan fingerprint density at radius 2 is 1.94 bits per heavy atom. The molecule has 1 heterocycles. The number of halogens is 2. The predicted molar refractivity (Wildman–Crippen MR) is 119 cm³/mol. The van der Waals surface area contributed by atoms with Gasteiger partial charge in [-0.15, -0.1) is 0 Å². The van der Waals surface area contributed by atoms with Crippen LogP contribution in [0.4, 0.5) is 4.39 Å². The van der Waals surface area contributed by atoms with E-state index in [0.29, 0.717) is 39.5 Å². The molecule has 0 saturated heterocycles. The number of benzene rings is 2. The second kappa shape index (κ2) is 8.12. The molecule has 2 aromatic carbocycles. The van der Waals surface area contributed by atoms with Crippen LogP contribution in [0.2, 0.25) is 5.02 Å². The molecule has 0 spiro atoms. The van der Waals surface area contributed by atoms with Crippen molar-refractivity contribution in [2.24, 2.45) is 17.8 Å². The van der Waals surface area contributed by atoms with Gasteiger partial charge in [-0.1, -0.05) is 18.5 Å². The van der Waals surface area contributed by atoms with Gasteiger partial charge in [0.05, 0.1) is 11.6 Å². The fourth-order valence-electron chi connectivity index (χ4n) is 5.23. The molecule has 160 valence electrons. The number of pyridine rings is 1. The maximum absolute atomic E-state index is 13.7. The second-order valence-electron chi connectivity index (χ2n) is 8.58. The van der Waals surface area contributed by atoms with Crippen molar-refractivity contribution in [1.29, 1.82) is 0 Å². The fraction of sp³-hybridized carbons (Fsp3) is 0.360. The molecule has 2 aliphatic rings. The lowest BCUT2D eigenvalue weighted by Crippen LogP contribution is -2.37. The number of aromatic nitrogens is 1. The Morgan fingerprint density at radius 1 is 1.19 bits per heavy atom. The molecule has 2 fully saturated rings. The first-order chi connectivity index (χ1) is 15.0. The Morgan fingerprint density at radius 3 is 2.65 bits per heavy atom. The van der Waals surface area contributed by atoms with E-state index < -0.39 is 0 Å². The number of nitrogens with zero attached hydrogens (tertiary/aromatic N) is 1. The van der Waals surface area contributed by atoms with Gasteiger partial charge in [-0.05, 0) is 85.5 Å². The molecule has 5 atom stereocenters. The van der Waals surface area contributed by atoms with E-state index in [-0.39, 0.29) is 23.9 Å². The zero-order valence-corrected chi connectivity index (χ0v) is 18.0. The van der Waals surface area contributed by atoms with Crippen molar-refractivity contribution in [2.45, 2.75) is 38.3 Å². The summed E-state index contributed by atoms with van der Waals surface area (Å²) in [6.07, 6.45) is 4.64. The summed E-state index contributed by atoms with van der Waals surface area (Å²) < 4.78 is 20.0. The van der Waals surface area contributed by atoms with Crippen LogP contribution >= 0.6 is 11.6 Å². The number of nitrogens with one attached hydrogen (secondary N) is 1. The lowest BCUT2D eigenvalue weighted by molar-refractivity contribution is 0.0924. The normalized spacial score (nSPS) is 25.1. The van der Waals surface area contributed by atoms with Gasteiger partial charge in [0.15, 0.2) is 0 Å². The lowest BCUT2D eigenvalue weighted by Gasteiger charge is -2.22. The maximum atomic E-state index is 13.7. The highest BCUT2D eigenvalue weighted by molar-refractivity contribution is 6.30. The molecule has 2 aliphatic carbocycles. The summed E-state index contributed by atoms with van der Waals surface area (Å²) in [6.45, 7) is 2.12. The molecular formula is C25H24ClFN2O2. The standard InChI is InChI=1S/C25H24ClFN2O2/c1-2-21(29-25(30)14-3-5-15(26)6-4-14)24-18-12-17(13-19(18)24)31-23-9-10-28-22-8-7-16(27)11-20(22)23/h3-11,17-19,21,24H,2,12-13H2,1H3,(H,29,30)/t17?,18-,19+,21?,24?. The van der Waals surface area contributed by atoms with Gasteiger partial charge in [0, 0.05) is 28.2 Å². The third kappa shape index (κ3) is 3.99. The smallest absolute Gasteiger partial charge is 0.251 e. The number of rotatable bonds is 6. The van der Waals surface area contributed by atoms with Gasteiger partial charge >= 0.3 is 0 Å². The van der Waals surface area contributed by atoms with E-state index in [0.717, 1.165) is 24.8 Å². The van der Waals surface area contributed by atoms with Crippen LogP contribution in [0.1, 0.15) is 36.5 Å². The van der Waals surface area contributed by atoms with Crippen molar-refractivity contribution in [1.82, 2.24) is 10.3 Å². The van der Waals surface area contributed by atoms with Crippen molar-refractivity contribution in [3.63, 3.8) is 0 Å². The van der Waals surface area contributed by atoms with Gasteiger partial charge in [0.2, 0.25) is 0 Å². The zero-order valence-electron chi connectivity index (χ0n) is 17.2. The van der Waals surface area contributed by atoms with E-state index in [9.17, 15) is 9.18 Å². The summed E-state index contributed by atoms with van der Waals surface area (Å²) in [7, 11) is 0. The Hall–Kier alpha value is -2.66. The third-order valence-electron chi connectivity index (χ3n) is 6.75. The molecule has 0 radical (unpaired) electrons. The molecule has 0 bridgehead atoms. The Kier molecular flexibility index (Phi) is 5.30. The van der Waals surface area contributed by atoms with Crippen molar-refractivity contribution in [2.75, 3.05) is 0 Å². The average Bonchev–Trinajstić information content (AvgIpc) is 3.26. The highest BCUT2D eigenvalue weighted by atomic mass is 35.5. The van der Waals surface area contributed by atoms with Crippen LogP contribution in [-0.2, 0) is 0 Å². The van der Waals surface area contributed by atoms with Gasteiger partial charge in [0.25, 0.3) is 5.91 Å². The molecule has 6 heteroatoms. The Bertz CT molecular complexity index is 1110. The van der Waals surface area contributed by atoms with Crippen LogP contribution < -0.4 is 10.1 Å². The third-order valence-corrected chi connectivity index (χ3v) is 7.00. The Labute approximate surface area is 185 Å². The van der Waals surface area contributed by atoms with Crippen LogP contribution in [0.15, 0.2) is 54.7 Å². The SMILES string of the molecule is CCC(NC(=O)c1ccc(Cl)cc1)C1[C@H]2CC(Oc3ccnc4ccc(F)cc34)C[C@@H]12. The first-order valence-corrected chi connectivity index (χ1v) is 11.2. The van der Waals surface area contributed by atoms with Crippen LogP contribution in [0, 0.1) is 23.6 Å². The minimum atomic E-state index is -0.290. The molecule has 1 amide bonds. The summed E-state index contributed by atoms with van der Waals surface area (Å²) in [6, 6.07) is 13.5.